The summed E-state index contributed by atoms with van der Waals surface area (Å²) in [5.41, 5.74) is 2.89. The third-order valence-electron chi connectivity index (χ3n) is 2.22. The molecule has 0 spiro atoms. The van der Waals surface area contributed by atoms with Gasteiger partial charge in [0.05, 0.1) is 5.69 Å². The first-order valence-electron chi connectivity index (χ1n) is 4.74. The molecule has 1 aromatic carbocycles. The van der Waals surface area contributed by atoms with E-state index in [2.05, 4.69) is 9.97 Å². The van der Waals surface area contributed by atoms with Gasteiger partial charge in [-0.2, -0.15) is 0 Å². The van der Waals surface area contributed by atoms with Crippen LogP contribution in [0.1, 0.15) is 11.5 Å². The van der Waals surface area contributed by atoms with E-state index in [-0.39, 0.29) is 0 Å². The van der Waals surface area contributed by atoms with Crippen molar-refractivity contribution in [2.24, 2.45) is 0 Å². The standard InChI is InChI=1S/C12H11ClN2/c1-8-11(10-6-4-3-5-7-10)12(13)15-9(2)14-8/h3-7H,1-2H3. The molecule has 0 atom stereocenters. The van der Waals surface area contributed by atoms with Gasteiger partial charge in [-0.15, -0.1) is 0 Å². The largest absolute Gasteiger partial charge is 0.238 e. The van der Waals surface area contributed by atoms with Gasteiger partial charge in [-0.05, 0) is 19.4 Å². The molecule has 0 amide bonds. The quantitative estimate of drug-likeness (QED) is 0.686. The van der Waals surface area contributed by atoms with E-state index < -0.39 is 0 Å². The fraction of sp³-hybridized carbons (Fsp3) is 0.167. The molecule has 0 aliphatic carbocycles. The highest BCUT2D eigenvalue weighted by atomic mass is 35.5. The highest BCUT2D eigenvalue weighted by molar-refractivity contribution is 6.32. The molecule has 0 aliphatic heterocycles. The van der Waals surface area contributed by atoms with E-state index in [1.165, 1.54) is 0 Å². The summed E-state index contributed by atoms with van der Waals surface area (Å²) in [6.45, 7) is 3.79. The molecule has 0 aliphatic rings. The van der Waals surface area contributed by atoms with E-state index in [0.717, 1.165) is 16.8 Å². The predicted molar refractivity (Wildman–Crippen MR) is 62.0 cm³/mol. The molecule has 0 unspecified atom stereocenters. The summed E-state index contributed by atoms with van der Waals surface area (Å²) in [4.78, 5) is 8.48. The predicted octanol–water partition coefficient (Wildman–Crippen LogP) is 3.41. The third kappa shape index (κ3) is 2.00. The minimum atomic E-state index is 0.520. The SMILES string of the molecule is Cc1nc(C)c(-c2ccccc2)c(Cl)n1. The Bertz CT molecular complexity index is 457. The van der Waals surface area contributed by atoms with Crippen molar-refractivity contribution in [1.29, 1.82) is 0 Å². The molecule has 0 bridgehead atoms. The van der Waals surface area contributed by atoms with Crippen LogP contribution >= 0.6 is 11.6 Å². The third-order valence-corrected chi connectivity index (χ3v) is 2.49. The number of nitrogens with zero attached hydrogens (tertiary/aromatic N) is 2. The second kappa shape index (κ2) is 3.99. The van der Waals surface area contributed by atoms with Gasteiger partial charge in [0.25, 0.3) is 0 Å². The van der Waals surface area contributed by atoms with Crippen LogP contribution < -0.4 is 0 Å². The van der Waals surface area contributed by atoms with Crippen molar-refractivity contribution in [1.82, 2.24) is 9.97 Å². The molecule has 3 heteroatoms. The van der Waals surface area contributed by atoms with Crippen molar-refractivity contribution < 1.29 is 0 Å². The van der Waals surface area contributed by atoms with Crippen molar-refractivity contribution in [2.45, 2.75) is 13.8 Å². The molecular weight excluding hydrogens is 208 g/mol. The lowest BCUT2D eigenvalue weighted by Crippen LogP contribution is -1.96. The number of hydrogen-bond acceptors (Lipinski definition) is 2. The second-order valence-electron chi connectivity index (χ2n) is 3.39. The van der Waals surface area contributed by atoms with Crippen LogP contribution in [0, 0.1) is 13.8 Å². The molecule has 2 aromatic rings. The zero-order valence-corrected chi connectivity index (χ0v) is 9.42. The van der Waals surface area contributed by atoms with Gasteiger partial charge in [0.15, 0.2) is 0 Å². The van der Waals surface area contributed by atoms with E-state index in [4.69, 9.17) is 11.6 Å². The van der Waals surface area contributed by atoms with E-state index >= 15 is 0 Å². The van der Waals surface area contributed by atoms with Crippen molar-refractivity contribution in [3.8, 4) is 11.1 Å². The number of halogens is 1. The number of aromatic nitrogens is 2. The van der Waals surface area contributed by atoms with Crippen molar-refractivity contribution >= 4 is 11.6 Å². The molecule has 2 nitrogen and oxygen atoms in total. The smallest absolute Gasteiger partial charge is 0.140 e. The Hall–Kier alpha value is -1.41. The molecule has 0 saturated carbocycles. The summed E-state index contributed by atoms with van der Waals surface area (Å²) in [6.07, 6.45) is 0. The topological polar surface area (TPSA) is 25.8 Å². The second-order valence-corrected chi connectivity index (χ2v) is 3.75. The minimum Gasteiger partial charge on any atom is -0.238 e. The van der Waals surface area contributed by atoms with Crippen LogP contribution in [-0.4, -0.2) is 9.97 Å². The highest BCUT2D eigenvalue weighted by Crippen LogP contribution is 2.28. The van der Waals surface area contributed by atoms with Gasteiger partial charge in [0.2, 0.25) is 0 Å². The lowest BCUT2D eigenvalue weighted by molar-refractivity contribution is 1.01. The molecule has 76 valence electrons. The zero-order chi connectivity index (χ0) is 10.8. The van der Waals surface area contributed by atoms with Gasteiger partial charge in [-0.25, -0.2) is 9.97 Å². The van der Waals surface area contributed by atoms with Gasteiger partial charge in [-0.3, -0.25) is 0 Å². The fourth-order valence-corrected chi connectivity index (χ4v) is 1.97. The molecular formula is C12H11ClN2. The number of aryl methyl sites for hydroxylation is 2. The van der Waals surface area contributed by atoms with Crippen molar-refractivity contribution in [3.05, 3.63) is 47.0 Å². The average Bonchev–Trinajstić information content (AvgIpc) is 2.17. The highest BCUT2D eigenvalue weighted by Gasteiger charge is 2.09. The molecule has 2 rings (SSSR count). The summed E-state index contributed by atoms with van der Waals surface area (Å²) in [5, 5.41) is 0.520. The van der Waals surface area contributed by atoms with Gasteiger partial charge in [0, 0.05) is 5.56 Å². The lowest BCUT2D eigenvalue weighted by Gasteiger charge is -2.07. The van der Waals surface area contributed by atoms with Crippen LogP contribution in [0.5, 0.6) is 0 Å². The van der Waals surface area contributed by atoms with Gasteiger partial charge in [-0.1, -0.05) is 41.9 Å². The Morgan fingerprint density at radius 2 is 1.67 bits per heavy atom. The first-order valence-corrected chi connectivity index (χ1v) is 5.12. The molecule has 0 fully saturated rings. The van der Waals surface area contributed by atoms with Crippen molar-refractivity contribution in [3.63, 3.8) is 0 Å². The van der Waals surface area contributed by atoms with Crippen LogP contribution in [0.15, 0.2) is 30.3 Å². The van der Waals surface area contributed by atoms with Gasteiger partial charge < -0.3 is 0 Å². The van der Waals surface area contributed by atoms with Crippen molar-refractivity contribution in [2.75, 3.05) is 0 Å². The maximum Gasteiger partial charge on any atom is 0.140 e. The molecule has 1 heterocycles. The molecule has 0 radical (unpaired) electrons. The zero-order valence-electron chi connectivity index (χ0n) is 8.66. The van der Waals surface area contributed by atoms with E-state index in [0.29, 0.717) is 11.0 Å². The first kappa shape index (κ1) is 10.1. The average molecular weight is 219 g/mol. The summed E-state index contributed by atoms with van der Waals surface area (Å²) in [6, 6.07) is 9.94. The monoisotopic (exact) mass is 218 g/mol. The summed E-state index contributed by atoms with van der Waals surface area (Å²) in [7, 11) is 0. The maximum atomic E-state index is 6.12. The molecule has 1 aromatic heterocycles. The minimum absolute atomic E-state index is 0.520. The van der Waals surface area contributed by atoms with Crippen LogP contribution in [-0.2, 0) is 0 Å². The number of benzene rings is 1. The van der Waals surface area contributed by atoms with Crippen LogP contribution in [0.2, 0.25) is 5.15 Å². The normalized spacial score (nSPS) is 10.3. The Morgan fingerprint density at radius 1 is 1.00 bits per heavy atom. The van der Waals surface area contributed by atoms with Crippen LogP contribution in [0.4, 0.5) is 0 Å². The first-order chi connectivity index (χ1) is 7.18. The van der Waals surface area contributed by atoms with Crippen LogP contribution in [0.25, 0.3) is 11.1 Å². The molecule has 0 saturated heterocycles. The van der Waals surface area contributed by atoms with Crippen LogP contribution in [0.3, 0.4) is 0 Å². The Kier molecular flexibility index (Phi) is 2.69. The Balaban J connectivity index is 2.64. The van der Waals surface area contributed by atoms with Gasteiger partial charge >= 0.3 is 0 Å². The number of rotatable bonds is 1. The maximum absolute atomic E-state index is 6.12. The van der Waals surface area contributed by atoms with E-state index in [1.54, 1.807) is 0 Å². The lowest BCUT2D eigenvalue weighted by atomic mass is 10.1. The van der Waals surface area contributed by atoms with E-state index in [9.17, 15) is 0 Å². The fourth-order valence-electron chi connectivity index (χ4n) is 1.60. The summed E-state index contributed by atoms with van der Waals surface area (Å²) in [5.74, 6) is 0.706. The summed E-state index contributed by atoms with van der Waals surface area (Å²) >= 11 is 6.12. The molecule has 15 heavy (non-hydrogen) atoms. The number of hydrogen-bond donors (Lipinski definition) is 0. The molecule has 0 N–H and O–H groups in total. The Labute approximate surface area is 94.0 Å². The van der Waals surface area contributed by atoms with Gasteiger partial charge in [0.1, 0.15) is 11.0 Å². The summed E-state index contributed by atoms with van der Waals surface area (Å²) < 4.78 is 0. The van der Waals surface area contributed by atoms with E-state index in [1.807, 2.05) is 44.2 Å². The Morgan fingerprint density at radius 3 is 2.27 bits per heavy atom.